The van der Waals surface area contributed by atoms with Gasteiger partial charge in [0.1, 0.15) is 0 Å². The zero-order valence-corrected chi connectivity index (χ0v) is 11.3. The molecule has 0 fully saturated rings. The number of nitrogens with zero attached hydrogens (tertiary/aromatic N) is 1. The summed E-state index contributed by atoms with van der Waals surface area (Å²) in [6.07, 6.45) is 5.70. The van der Waals surface area contributed by atoms with Crippen LogP contribution in [0.25, 0.3) is 0 Å². The van der Waals surface area contributed by atoms with Crippen molar-refractivity contribution in [2.45, 2.75) is 26.4 Å². The number of nitrogens with two attached hydrogens (primary N) is 1. The summed E-state index contributed by atoms with van der Waals surface area (Å²) < 4.78 is 5.71. The Morgan fingerprint density at radius 2 is 1.95 bits per heavy atom. The lowest BCUT2D eigenvalue weighted by atomic mass is 10.1. The Hall–Kier alpha value is -1.87. The molecule has 1 heterocycles. The van der Waals surface area contributed by atoms with Gasteiger partial charge in [0.25, 0.3) is 0 Å². The smallest absolute Gasteiger partial charge is 0.0720 e. The van der Waals surface area contributed by atoms with Gasteiger partial charge in [-0.2, -0.15) is 0 Å². The van der Waals surface area contributed by atoms with Crippen LogP contribution in [0, 0.1) is 6.92 Å². The summed E-state index contributed by atoms with van der Waals surface area (Å²) in [5, 5.41) is 0. The number of hydrogen-bond acceptors (Lipinski definition) is 3. The van der Waals surface area contributed by atoms with E-state index in [0.29, 0.717) is 6.61 Å². The Morgan fingerprint density at radius 3 is 2.74 bits per heavy atom. The predicted molar refractivity (Wildman–Crippen MR) is 77.8 cm³/mol. The average Bonchev–Trinajstić information content (AvgIpc) is 2.44. The summed E-state index contributed by atoms with van der Waals surface area (Å²) in [5.41, 5.74) is 10.3. The van der Waals surface area contributed by atoms with Crippen molar-refractivity contribution in [2.24, 2.45) is 0 Å². The van der Waals surface area contributed by atoms with Crippen molar-refractivity contribution in [1.29, 1.82) is 0 Å². The minimum atomic E-state index is 0.632. The third-order valence-corrected chi connectivity index (χ3v) is 3.25. The number of pyridine rings is 1. The molecule has 0 amide bonds. The van der Waals surface area contributed by atoms with Gasteiger partial charge in [0, 0.05) is 24.7 Å². The van der Waals surface area contributed by atoms with E-state index in [1.807, 2.05) is 43.6 Å². The molecule has 0 radical (unpaired) electrons. The molecule has 0 unspecified atom stereocenters. The largest absolute Gasteiger partial charge is 0.399 e. The van der Waals surface area contributed by atoms with Crippen LogP contribution >= 0.6 is 0 Å². The highest BCUT2D eigenvalue weighted by Crippen LogP contribution is 2.16. The number of anilines is 1. The first-order valence-electron chi connectivity index (χ1n) is 6.58. The van der Waals surface area contributed by atoms with Crippen molar-refractivity contribution >= 4 is 5.69 Å². The van der Waals surface area contributed by atoms with E-state index in [2.05, 4.69) is 11.1 Å². The predicted octanol–water partition coefficient (Wildman–Crippen LogP) is 3.12. The van der Waals surface area contributed by atoms with Gasteiger partial charge in [0.05, 0.1) is 6.61 Å². The van der Waals surface area contributed by atoms with Gasteiger partial charge in [0.15, 0.2) is 0 Å². The van der Waals surface area contributed by atoms with E-state index in [0.717, 1.165) is 30.7 Å². The molecule has 0 bridgehead atoms. The van der Waals surface area contributed by atoms with Gasteiger partial charge in [-0.3, -0.25) is 4.98 Å². The number of nitrogen functional groups attached to an aromatic ring is 1. The maximum atomic E-state index is 5.87. The first-order chi connectivity index (χ1) is 9.27. The minimum absolute atomic E-state index is 0.632. The van der Waals surface area contributed by atoms with Crippen LogP contribution in [0.15, 0.2) is 42.7 Å². The zero-order valence-electron chi connectivity index (χ0n) is 11.3. The van der Waals surface area contributed by atoms with Crippen LogP contribution in [0.2, 0.25) is 0 Å². The topological polar surface area (TPSA) is 48.1 Å². The standard InChI is InChI=1S/C16H20N2O/c1-13-15(5-2-6-16(13)17)12-19-11-3-4-14-7-9-18-10-8-14/h2,5-10H,3-4,11-12,17H2,1H3. The van der Waals surface area contributed by atoms with E-state index in [1.54, 1.807) is 0 Å². The van der Waals surface area contributed by atoms with E-state index in [-0.39, 0.29) is 0 Å². The second kappa shape index (κ2) is 6.90. The fourth-order valence-corrected chi connectivity index (χ4v) is 1.97. The van der Waals surface area contributed by atoms with Gasteiger partial charge >= 0.3 is 0 Å². The number of ether oxygens (including phenoxy) is 1. The number of benzene rings is 1. The third-order valence-electron chi connectivity index (χ3n) is 3.25. The maximum Gasteiger partial charge on any atom is 0.0720 e. The van der Waals surface area contributed by atoms with Crippen molar-refractivity contribution in [3.63, 3.8) is 0 Å². The van der Waals surface area contributed by atoms with Gasteiger partial charge < -0.3 is 10.5 Å². The molecule has 3 heteroatoms. The summed E-state index contributed by atoms with van der Waals surface area (Å²) in [5.74, 6) is 0. The molecule has 19 heavy (non-hydrogen) atoms. The molecule has 0 saturated carbocycles. The summed E-state index contributed by atoms with van der Waals surface area (Å²) in [6.45, 7) is 3.43. The molecular formula is C16H20N2O. The molecule has 2 aromatic rings. The lowest BCUT2D eigenvalue weighted by molar-refractivity contribution is 0.118. The van der Waals surface area contributed by atoms with Gasteiger partial charge in [0.2, 0.25) is 0 Å². The Labute approximate surface area is 114 Å². The number of rotatable bonds is 6. The molecule has 0 aliphatic heterocycles. The van der Waals surface area contributed by atoms with Crippen LogP contribution in [0.1, 0.15) is 23.1 Å². The van der Waals surface area contributed by atoms with Crippen molar-refractivity contribution in [3.8, 4) is 0 Å². The lowest BCUT2D eigenvalue weighted by Gasteiger charge is -2.09. The Morgan fingerprint density at radius 1 is 1.16 bits per heavy atom. The lowest BCUT2D eigenvalue weighted by Crippen LogP contribution is -2.01. The van der Waals surface area contributed by atoms with Crippen molar-refractivity contribution in [1.82, 2.24) is 4.98 Å². The van der Waals surface area contributed by atoms with Crippen LogP contribution in [-0.4, -0.2) is 11.6 Å². The number of hydrogen-bond donors (Lipinski definition) is 1. The van der Waals surface area contributed by atoms with Gasteiger partial charge in [-0.25, -0.2) is 0 Å². The van der Waals surface area contributed by atoms with Crippen LogP contribution in [0.4, 0.5) is 5.69 Å². The molecule has 0 spiro atoms. The molecule has 2 N–H and O–H groups in total. The quantitative estimate of drug-likeness (QED) is 0.638. The summed E-state index contributed by atoms with van der Waals surface area (Å²) >= 11 is 0. The molecule has 0 atom stereocenters. The molecule has 1 aromatic heterocycles. The third kappa shape index (κ3) is 4.07. The molecule has 2 rings (SSSR count). The van der Waals surface area contributed by atoms with E-state index >= 15 is 0 Å². The molecule has 1 aromatic carbocycles. The highest BCUT2D eigenvalue weighted by Gasteiger charge is 2.01. The first kappa shape index (κ1) is 13.6. The van der Waals surface area contributed by atoms with E-state index in [9.17, 15) is 0 Å². The van der Waals surface area contributed by atoms with Gasteiger partial charge in [-0.05, 0) is 54.7 Å². The Bertz CT molecular complexity index is 511. The highest BCUT2D eigenvalue weighted by atomic mass is 16.5. The second-order valence-electron chi connectivity index (χ2n) is 4.64. The summed E-state index contributed by atoms with van der Waals surface area (Å²) in [6, 6.07) is 10.0. The van der Waals surface area contributed by atoms with Crippen LogP contribution in [0.5, 0.6) is 0 Å². The van der Waals surface area contributed by atoms with E-state index in [1.165, 1.54) is 11.1 Å². The molecule has 100 valence electrons. The monoisotopic (exact) mass is 256 g/mol. The van der Waals surface area contributed by atoms with E-state index in [4.69, 9.17) is 10.5 Å². The van der Waals surface area contributed by atoms with Crippen molar-refractivity contribution in [2.75, 3.05) is 12.3 Å². The average molecular weight is 256 g/mol. The minimum Gasteiger partial charge on any atom is -0.399 e. The highest BCUT2D eigenvalue weighted by molar-refractivity contribution is 5.49. The molecule has 0 saturated heterocycles. The van der Waals surface area contributed by atoms with Crippen molar-refractivity contribution < 1.29 is 4.74 Å². The summed E-state index contributed by atoms with van der Waals surface area (Å²) in [7, 11) is 0. The van der Waals surface area contributed by atoms with Gasteiger partial charge in [-0.1, -0.05) is 12.1 Å². The van der Waals surface area contributed by atoms with Crippen molar-refractivity contribution in [3.05, 3.63) is 59.4 Å². The fourth-order valence-electron chi connectivity index (χ4n) is 1.97. The Kier molecular flexibility index (Phi) is 4.93. The maximum absolute atomic E-state index is 5.87. The molecule has 0 aliphatic rings. The van der Waals surface area contributed by atoms with Crippen LogP contribution < -0.4 is 5.73 Å². The van der Waals surface area contributed by atoms with Gasteiger partial charge in [-0.15, -0.1) is 0 Å². The fraction of sp³-hybridized carbons (Fsp3) is 0.312. The second-order valence-corrected chi connectivity index (χ2v) is 4.64. The van der Waals surface area contributed by atoms with E-state index < -0.39 is 0 Å². The summed E-state index contributed by atoms with van der Waals surface area (Å²) in [4.78, 5) is 4.00. The number of aryl methyl sites for hydroxylation is 1. The van der Waals surface area contributed by atoms with Crippen LogP contribution in [-0.2, 0) is 17.8 Å². The molecular weight excluding hydrogens is 236 g/mol. The normalized spacial score (nSPS) is 10.6. The molecule has 0 aliphatic carbocycles. The number of aromatic nitrogens is 1. The Balaban J connectivity index is 1.71. The SMILES string of the molecule is Cc1c(N)cccc1COCCCc1ccncc1. The first-order valence-corrected chi connectivity index (χ1v) is 6.58. The zero-order chi connectivity index (χ0) is 13.5. The van der Waals surface area contributed by atoms with Crippen LogP contribution in [0.3, 0.4) is 0 Å². The molecule has 3 nitrogen and oxygen atoms in total.